The Morgan fingerprint density at radius 3 is 2.71 bits per heavy atom. The van der Waals surface area contributed by atoms with Crippen molar-refractivity contribution in [2.75, 3.05) is 11.9 Å². The second-order valence-corrected chi connectivity index (χ2v) is 4.77. The molecule has 0 aliphatic heterocycles. The Morgan fingerprint density at radius 2 is 2.05 bits per heavy atom. The van der Waals surface area contributed by atoms with Gasteiger partial charge in [-0.05, 0) is 25.1 Å². The van der Waals surface area contributed by atoms with E-state index in [1.807, 2.05) is 0 Å². The lowest BCUT2D eigenvalue weighted by Gasteiger charge is -2.02. The zero-order valence-corrected chi connectivity index (χ0v) is 12.3. The van der Waals surface area contributed by atoms with Gasteiger partial charge >= 0.3 is 6.09 Å². The Kier molecular flexibility index (Phi) is 4.50. The molecule has 112 valence electrons. The number of benzene rings is 1. The monoisotopic (exact) mass is 331 g/mol. The SMILES string of the molecule is CCOC(=O)Nc1oc(-c2cc(Cl)ccc2Cl)c(O)c1O. The maximum Gasteiger partial charge on any atom is 0.414 e. The lowest BCUT2D eigenvalue weighted by atomic mass is 10.1. The molecule has 0 unspecified atom stereocenters. The summed E-state index contributed by atoms with van der Waals surface area (Å²) in [5.41, 5.74) is 0.272. The summed E-state index contributed by atoms with van der Waals surface area (Å²) in [4.78, 5) is 11.3. The maximum atomic E-state index is 11.3. The van der Waals surface area contributed by atoms with Crippen LogP contribution in [-0.4, -0.2) is 22.9 Å². The van der Waals surface area contributed by atoms with Crippen molar-refractivity contribution in [2.45, 2.75) is 6.92 Å². The largest absolute Gasteiger partial charge is 0.502 e. The predicted octanol–water partition coefficient (Wildman–Crippen LogP) is 4.23. The Hall–Kier alpha value is -2.05. The second kappa shape index (κ2) is 6.15. The van der Waals surface area contributed by atoms with Gasteiger partial charge in [-0.25, -0.2) is 4.79 Å². The molecule has 1 aromatic carbocycles. The first-order chi connectivity index (χ1) is 9.93. The summed E-state index contributed by atoms with van der Waals surface area (Å²) < 4.78 is 9.88. The number of hydrogen-bond donors (Lipinski definition) is 3. The molecule has 0 saturated heterocycles. The van der Waals surface area contributed by atoms with E-state index in [0.29, 0.717) is 5.02 Å². The maximum absolute atomic E-state index is 11.3. The minimum atomic E-state index is -0.828. The molecule has 6 nitrogen and oxygen atoms in total. The van der Waals surface area contributed by atoms with Crippen molar-refractivity contribution >= 4 is 35.2 Å². The first-order valence-electron chi connectivity index (χ1n) is 5.88. The Morgan fingerprint density at radius 1 is 1.33 bits per heavy atom. The van der Waals surface area contributed by atoms with Crippen LogP contribution in [0.1, 0.15) is 6.92 Å². The van der Waals surface area contributed by atoms with Crippen molar-refractivity contribution in [2.24, 2.45) is 0 Å². The van der Waals surface area contributed by atoms with E-state index in [2.05, 4.69) is 10.1 Å². The molecular formula is C13H11Cl2NO5. The van der Waals surface area contributed by atoms with Gasteiger partial charge in [-0.3, -0.25) is 5.32 Å². The van der Waals surface area contributed by atoms with Crippen LogP contribution in [0.25, 0.3) is 11.3 Å². The minimum absolute atomic E-state index is 0.119. The molecule has 0 aliphatic carbocycles. The zero-order valence-electron chi connectivity index (χ0n) is 10.8. The second-order valence-electron chi connectivity index (χ2n) is 3.93. The smallest absolute Gasteiger partial charge is 0.414 e. The summed E-state index contributed by atoms with van der Waals surface area (Å²) >= 11 is 11.9. The number of carbonyl (C=O) groups is 1. The van der Waals surface area contributed by atoms with Gasteiger partial charge in [-0.1, -0.05) is 23.2 Å². The van der Waals surface area contributed by atoms with Gasteiger partial charge < -0.3 is 19.4 Å². The molecule has 21 heavy (non-hydrogen) atoms. The van der Waals surface area contributed by atoms with E-state index in [-0.39, 0.29) is 28.8 Å². The molecule has 0 atom stereocenters. The molecule has 1 heterocycles. The Labute approximate surface area is 129 Å². The molecule has 2 aromatic rings. The molecule has 0 saturated carbocycles. The van der Waals surface area contributed by atoms with Crippen molar-refractivity contribution in [3.05, 3.63) is 28.2 Å². The topological polar surface area (TPSA) is 91.9 Å². The van der Waals surface area contributed by atoms with E-state index in [1.165, 1.54) is 12.1 Å². The quantitative estimate of drug-likeness (QED) is 0.782. The molecule has 0 radical (unpaired) electrons. The molecular weight excluding hydrogens is 321 g/mol. The van der Waals surface area contributed by atoms with E-state index in [4.69, 9.17) is 27.6 Å². The first-order valence-corrected chi connectivity index (χ1v) is 6.63. The highest BCUT2D eigenvalue weighted by Crippen LogP contribution is 2.47. The van der Waals surface area contributed by atoms with Crippen LogP contribution in [-0.2, 0) is 4.74 Å². The van der Waals surface area contributed by atoms with Gasteiger partial charge in [0.2, 0.25) is 17.4 Å². The number of anilines is 1. The minimum Gasteiger partial charge on any atom is -0.502 e. The molecule has 0 aliphatic rings. The number of amides is 1. The van der Waals surface area contributed by atoms with Gasteiger partial charge in [0.25, 0.3) is 0 Å². The third-order valence-corrected chi connectivity index (χ3v) is 3.09. The molecule has 2 rings (SSSR count). The van der Waals surface area contributed by atoms with Crippen molar-refractivity contribution in [1.82, 2.24) is 0 Å². The highest BCUT2D eigenvalue weighted by atomic mass is 35.5. The van der Waals surface area contributed by atoms with Crippen LogP contribution in [0, 0.1) is 0 Å². The fourth-order valence-electron chi connectivity index (χ4n) is 1.61. The van der Waals surface area contributed by atoms with Gasteiger partial charge in [-0.2, -0.15) is 0 Å². The molecule has 1 amide bonds. The van der Waals surface area contributed by atoms with Gasteiger partial charge in [0.15, 0.2) is 5.76 Å². The standard InChI is InChI=1S/C13H11Cl2NO5/c1-2-20-13(19)16-12-10(18)9(17)11(21-12)7-5-6(14)3-4-8(7)15/h3-5,17-18H,2H2,1H3,(H,16,19). The van der Waals surface area contributed by atoms with Gasteiger partial charge in [-0.15, -0.1) is 0 Å². The number of ether oxygens (including phenoxy) is 1. The number of hydrogen-bond acceptors (Lipinski definition) is 5. The molecule has 0 fully saturated rings. The van der Waals surface area contributed by atoms with E-state index in [9.17, 15) is 15.0 Å². The lowest BCUT2D eigenvalue weighted by molar-refractivity contribution is 0.167. The van der Waals surface area contributed by atoms with Crippen molar-refractivity contribution in [3.63, 3.8) is 0 Å². The van der Waals surface area contributed by atoms with E-state index < -0.39 is 17.6 Å². The summed E-state index contributed by atoms with van der Waals surface area (Å²) in [7, 11) is 0. The van der Waals surface area contributed by atoms with E-state index in [0.717, 1.165) is 0 Å². The van der Waals surface area contributed by atoms with Crippen molar-refractivity contribution < 1.29 is 24.2 Å². The number of nitrogens with one attached hydrogen (secondary N) is 1. The van der Waals surface area contributed by atoms with Crippen molar-refractivity contribution in [3.8, 4) is 22.8 Å². The average molecular weight is 332 g/mol. The van der Waals surface area contributed by atoms with Gasteiger partial charge in [0.1, 0.15) is 0 Å². The third-order valence-electron chi connectivity index (χ3n) is 2.52. The molecule has 0 spiro atoms. The molecule has 0 bridgehead atoms. The highest BCUT2D eigenvalue weighted by Gasteiger charge is 2.24. The number of halogens is 2. The van der Waals surface area contributed by atoms with Crippen LogP contribution >= 0.6 is 23.2 Å². The van der Waals surface area contributed by atoms with Gasteiger partial charge in [0.05, 0.1) is 11.6 Å². The normalized spacial score (nSPS) is 10.4. The van der Waals surface area contributed by atoms with Crippen molar-refractivity contribution in [1.29, 1.82) is 0 Å². The number of rotatable bonds is 3. The Balaban J connectivity index is 2.42. The first kappa shape index (κ1) is 15.3. The van der Waals surface area contributed by atoms with E-state index >= 15 is 0 Å². The van der Waals surface area contributed by atoms with Crippen LogP contribution in [0.5, 0.6) is 11.5 Å². The fourth-order valence-corrected chi connectivity index (χ4v) is 1.99. The molecule has 1 aromatic heterocycles. The van der Waals surface area contributed by atoms with Crippen LogP contribution in [0.3, 0.4) is 0 Å². The highest BCUT2D eigenvalue weighted by molar-refractivity contribution is 6.35. The van der Waals surface area contributed by atoms with Crippen LogP contribution in [0.2, 0.25) is 10.0 Å². The summed E-state index contributed by atoms with van der Waals surface area (Å²) in [5.74, 6) is -1.66. The summed E-state index contributed by atoms with van der Waals surface area (Å²) in [6, 6.07) is 4.53. The third kappa shape index (κ3) is 3.17. The predicted molar refractivity (Wildman–Crippen MR) is 78.1 cm³/mol. The van der Waals surface area contributed by atoms with E-state index in [1.54, 1.807) is 13.0 Å². The number of furan rings is 1. The summed E-state index contributed by atoms with van der Waals surface area (Å²) in [6.45, 7) is 1.77. The van der Waals surface area contributed by atoms with Crippen LogP contribution < -0.4 is 5.32 Å². The van der Waals surface area contributed by atoms with Crippen LogP contribution in [0.15, 0.2) is 22.6 Å². The molecule has 3 N–H and O–H groups in total. The average Bonchev–Trinajstić information content (AvgIpc) is 2.70. The number of aromatic hydroxyl groups is 2. The number of carbonyl (C=O) groups excluding carboxylic acids is 1. The molecule has 8 heteroatoms. The van der Waals surface area contributed by atoms with Gasteiger partial charge in [0, 0.05) is 10.6 Å². The summed E-state index contributed by atoms with van der Waals surface area (Å²) in [5, 5.41) is 22.4. The lowest BCUT2D eigenvalue weighted by Crippen LogP contribution is -2.12. The van der Waals surface area contributed by atoms with Crippen LogP contribution in [0.4, 0.5) is 10.7 Å². The summed E-state index contributed by atoms with van der Waals surface area (Å²) in [6.07, 6.45) is -0.828. The zero-order chi connectivity index (χ0) is 15.6. The Bertz CT molecular complexity index is 683. The fraction of sp³-hybridized carbons (Fsp3) is 0.154.